The van der Waals surface area contributed by atoms with Crippen LogP contribution in [0.5, 0.6) is 0 Å². The molecule has 0 fully saturated rings. The SMILES string of the molecule is O=S(=O)(O)O.[H-].[H-].[Li+].[Li+]. The zero-order chi connectivity index (χ0) is 4.50. The summed E-state index contributed by atoms with van der Waals surface area (Å²) in [6, 6.07) is 0. The molecule has 7 heteroatoms. The first-order chi connectivity index (χ1) is 2.00. The van der Waals surface area contributed by atoms with Crippen molar-refractivity contribution < 1.29 is 58.1 Å². The van der Waals surface area contributed by atoms with Crippen molar-refractivity contribution in [3.63, 3.8) is 0 Å². The summed E-state index contributed by atoms with van der Waals surface area (Å²) >= 11 is 0. The quantitative estimate of drug-likeness (QED) is 0.242. The van der Waals surface area contributed by atoms with E-state index in [9.17, 15) is 0 Å². The third-order valence-electron chi connectivity index (χ3n) is 0. The summed E-state index contributed by atoms with van der Waals surface area (Å²) in [7, 11) is -4.67. The first-order valence-corrected chi connectivity index (χ1v) is 2.10. The Bertz CT molecular complexity index is 99.7. The Morgan fingerprint density at radius 1 is 1.14 bits per heavy atom. The van der Waals surface area contributed by atoms with Gasteiger partial charge < -0.3 is 2.85 Å². The van der Waals surface area contributed by atoms with Gasteiger partial charge in [0.25, 0.3) is 0 Å². The van der Waals surface area contributed by atoms with E-state index in [2.05, 4.69) is 0 Å². The van der Waals surface area contributed by atoms with Crippen molar-refractivity contribution >= 4 is 10.4 Å². The van der Waals surface area contributed by atoms with Gasteiger partial charge in [-0.2, -0.15) is 8.42 Å². The number of hydrogen-bond acceptors (Lipinski definition) is 2. The second-order valence-electron chi connectivity index (χ2n) is 0.448. The van der Waals surface area contributed by atoms with Crippen molar-refractivity contribution in [3.05, 3.63) is 0 Å². The third kappa shape index (κ3) is 160. The second kappa shape index (κ2) is 5.21. The predicted octanol–water partition coefficient (Wildman–Crippen LogP) is -6.42. The van der Waals surface area contributed by atoms with Gasteiger partial charge >= 0.3 is 48.1 Å². The predicted molar refractivity (Wildman–Crippen MR) is 16.4 cm³/mol. The van der Waals surface area contributed by atoms with Gasteiger partial charge in [-0.1, -0.05) is 0 Å². The van der Waals surface area contributed by atoms with E-state index in [1.165, 1.54) is 0 Å². The van der Waals surface area contributed by atoms with Crippen LogP contribution in [-0.4, -0.2) is 17.5 Å². The minimum absolute atomic E-state index is 0. The van der Waals surface area contributed by atoms with Gasteiger partial charge in [-0.3, -0.25) is 9.11 Å². The maximum absolute atomic E-state index is 8.74. The first kappa shape index (κ1) is 15.7. The topological polar surface area (TPSA) is 74.6 Å². The fourth-order valence-corrected chi connectivity index (χ4v) is 0. The van der Waals surface area contributed by atoms with Crippen LogP contribution in [0.25, 0.3) is 0 Å². The minimum atomic E-state index is -4.67. The van der Waals surface area contributed by atoms with Crippen molar-refractivity contribution in [3.8, 4) is 0 Å². The molecule has 0 aliphatic rings. The smallest absolute Gasteiger partial charge is 1.00 e. The molecule has 0 radical (unpaired) electrons. The Morgan fingerprint density at radius 2 is 1.14 bits per heavy atom. The molecule has 0 amide bonds. The molecule has 0 aliphatic heterocycles. The molecule has 36 valence electrons. The largest absolute Gasteiger partial charge is 1.00 e. The molecular weight excluding hydrogens is 110 g/mol. The van der Waals surface area contributed by atoms with E-state index in [-0.39, 0.29) is 40.6 Å². The Labute approximate surface area is 68.6 Å². The average molecular weight is 114 g/mol. The van der Waals surface area contributed by atoms with Crippen molar-refractivity contribution in [1.29, 1.82) is 0 Å². The van der Waals surface area contributed by atoms with Crippen LogP contribution in [0, 0.1) is 0 Å². The number of hydrogen-bond donors (Lipinski definition) is 2. The normalized spacial score (nSPS) is 8.29. The molecular formula is H4Li2O4S. The van der Waals surface area contributed by atoms with E-state index < -0.39 is 10.4 Å². The van der Waals surface area contributed by atoms with Gasteiger partial charge in [0.15, 0.2) is 0 Å². The molecule has 0 saturated heterocycles. The van der Waals surface area contributed by atoms with E-state index in [0.29, 0.717) is 0 Å². The molecule has 0 aromatic carbocycles. The van der Waals surface area contributed by atoms with Gasteiger partial charge in [-0.15, -0.1) is 0 Å². The van der Waals surface area contributed by atoms with Gasteiger partial charge in [0.1, 0.15) is 0 Å². The fourth-order valence-electron chi connectivity index (χ4n) is 0. The summed E-state index contributed by atoms with van der Waals surface area (Å²) in [6.07, 6.45) is 0. The summed E-state index contributed by atoms with van der Waals surface area (Å²) < 4.78 is 31.6. The van der Waals surface area contributed by atoms with Crippen LogP contribution in [0.1, 0.15) is 2.85 Å². The summed E-state index contributed by atoms with van der Waals surface area (Å²) in [5.41, 5.74) is 0. The van der Waals surface area contributed by atoms with Crippen molar-refractivity contribution in [2.24, 2.45) is 0 Å². The van der Waals surface area contributed by atoms with Gasteiger partial charge in [0.2, 0.25) is 0 Å². The molecule has 0 aromatic rings. The van der Waals surface area contributed by atoms with Crippen LogP contribution in [0.15, 0.2) is 0 Å². The van der Waals surface area contributed by atoms with E-state index >= 15 is 0 Å². The van der Waals surface area contributed by atoms with Crippen LogP contribution in [0.2, 0.25) is 0 Å². The van der Waals surface area contributed by atoms with Gasteiger partial charge in [-0.05, 0) is 0 Å². The summed E-state index contributed by atoms with van der Waals surface area (Å²) in [5, 5.41) is 0. The molecule has 0 heterocycles. The molecule has 0 unspecified atom stereocenters. The van der Waals surface area contributed by atoms with Crippen LogP contribution in [0.3, 0.4) is 0 Å². The maximum atomic E-state index is 8.74. The molecule has 4 nitrogen and oxygen atoms in total. The molecule has 7 heavy (non-hydrogen) atoms. The van der Waals surface area contributed by atoms with Crippen LogP contribution < -0.4 is 37.7 Å². The molecule has 0 spiro atoms. The maximum Gasteiger partial charge on any atom is 1.00 e. The molecule has 0 aliphatic carbocycles. The van der Waals surface area contributed by atoms with E-state index in [1.807, 2.05) is 0 Å². The second-order valence-corrected chi connectivity index (χ2v) is 1.34. The molecule has 2 N–H and O–H groups in total. The van der Waals surface area contributed by atoms with Crippen molar-refractivity contribution in [1.82, 2.24) is 0 Å². The number of rotatable bonds is 0. The Hall–Kier alpha value is 1.06. The summed E-state index contributed by atoms with van der Waals surface area (Å²) in [5.74, 6) is 0. The zero-order valence-corrected chi connectivity index (χ0v) is 4.94. The van der Waals surface area contributed by atoms with Crippen LogP contribution in [0.4, 0.5) is 0 Å². The molecule has 0 aromatic heterocycles. The van der Waals surface area contributed by atoms with E-state index in [4.69, 9.17) is 17.5 Å². The van der Waals surface area contributed by atoms with Crippen LogP contribution in [-0.2, 0) is 10.4 Å². The summed E-state index contributed by atoms with van der Waals surface area (Å²) in [4.78, 5) is 0. The molecule has 0 saturated carbocycles. The molecule has 0 atom stereocenters. The third-order valence-corrected chi connectivity index (χ3v) is 0. The molecule has 0 rings (SSSR count). The van der Waals surface area contributed by atoms with Crippen molar-refractivity contribution in [2.45, 2.75) is 0 Å². The Kier molecular flexibility index (Phi) is 11.7. The zero-order valence-electron chi connectivity index (χ0n) is 6.12. The Morgan fingerprint density at radius 3 is 1.14 bits per heavy atom. The minimum Gasteiger partial charge on any atom is -1.00 e. The fraction of sp³-hybridized carbons (Fsp3) is 0. The van der Waals surface area contributed by atoms with Gasteiger partial charge in [0.05, 0.1) is 0 Å². The van der Waals surface area contributed by atoms with E-state index in [1.54, 1.807) is 0 Å². The van der Waals surface area contributed by atoms with Gasteiger partial charge in [-0.25, -0.2) is 0 Å². The van der Waals surface area contributed by atoms with Gasteiger partial charge in [0, 0.05) is 0 Å². The first-order valence-electron chi connectivity index (χ1n) is 0.698. The standard InChI is InChI=1S/2Li.H2O4S.2H/c;;1-5(2,3)4;;/h;;(H2,1,2,3,4);;/q2*+1;;2*-1. The van der Waals surface area contributed by atoms with Crippen LogP contribution >= 0.6 is 0 Å². The summed E-state index contributed by atoms with van der Waals surface area (Å²) in [6.45, 7) is 0. The molecule has 0 bridgehead atoms. The van der Waals surface area contributed by atoms with Crippen molar-refractivity contribution in [2.75, 3.05) is 0 Å². The monoisotopic (exact) mass is 114 g/mol. The average Bonchev–Trinajstić information content (AvgIpc) is 0.722. The Balaban J connectivity index is -0.0000000133. The van der Waals surface area contributed by atoms with E-state index in [0.717, 1.165) is 0 Å².